The van der Waals surface area contributed by atoms with Crippen LogP contribution in [0.1, 0.15) is 0 Å². The zero-order chi connectivity index (χ0) is 13.2. The SMILES string of the molecule is COc1ccc(S(=O)(=O)c2ccccc2Cl)nn1. The van der Waals surface area contributed by atoms with Crippen molar-refractivity contribution in [3.05, 3.63) is 41.4 Å². The topological polar surface area (TPSA) is 69.2 Å². The van der Waals surface area contributed by atoms with Gasteiger partial charge >= 0.3 is 0 Å². The molecule has 18 heavy (non-hydrogen) atoms. The molecule has 0 spiro atoms. The standard InChI is InChI=1S/C11H9ClN2O3S/c1-17-10-6-7-11(14-13-10)18(15,16)9-5-3-2-4-8(9)12/h2-7H,1H3. The molecule has 0 fully saturated rings. The van der Waals surface area contributed by atoms with Crippen LogP contribution in [0, 0.1) is 0 Å². The van der Waals surface area contributed by atoms with Crippen molar-refractivity contribution in [2.45, 2.75) is 9.92 Å². The zero-order valence-corrected chi connectivity index (χ0v) is 10.9. The summed E-state index contributed by atoms with van der Waals surface area (Å²) in [6, 6.07) is 8.92. The molecule has 0 aliphatic rings. The second-order valence-corrected chi connectivity index (χ2v) is 5.62. The highest BCUT2D eigenvalue weighted by Crippen LogP contribution is 2.26. The second kappa shape index (κ2) is 4.91. The van der Waals surface area contributed by atoms with Gasteiger partial charge in [-0.2, -0.15) is 0 Å². The van der Waals surface area contributed by atoms with E-state index in [0.29, 0.717) is 0 Å². The van der Waals surface area contributed by atoms with Crippen molar-refractivity contribution in [3.8, 4) is 5.88 Å². The van der Waals surface area contributed by atoms with Crippen molar-refractivity contribution in [1.82, 2.24) is 10.2 Å². The summed E-state index contributed by atoms with van der Waals surface area (Å²) in [5, 5.41) is 7.22. The lowest BCUT2D eigenvalue weighted by molar-refractivity contribution is 0.389. The van der Waals surface area contributed by atoms with Crippen LogP contribution in [-0.4, -0.2) is 25.7 Å². The summed E-state index contributed by atoms with van der Waals surface area (Å²) < 4.78 is 29.3. The molecular formula is C11H9ClN2O3S. The van der Waals surface area contributed by atoms with Gasteiger partial charge in [0.25, 0.3) is 0 Å². The molecule has 0 saturated carbocycles. The van der Waals surface area contributed by atoms with E-state index in [9.17, 15) is 8.42 Å². The highest BCUT2D eigenvalue weighted by Gasteiger charge is 2.22. The Morgan fingerprint density at radius 2 is 1.83 bits per heavy atom. The fourth-order valence-electron chi connectivity index (χ4n) is 1.34. The normalized spacial score (nSPS) is 11.2. The average molecular weight is 285 g/mol. The number of hydrogen-bond acceptors (Lipinski definition) is 5. The van der Waals surface area contributed by atoms with Gasteiger partial charge < -0.3 is 4.74 Å². The number of nitrogens with zero attached hydrogens (tertiary/aromatic N) is 2. The van der Waals surface area contributed by atoms with E-state index >= 15 is 0 Å². The van der Waals surface area contributed by atoms with E-state index in [1.54, 1.807) is 12.1 Å². The van der Waals surface area contributed by atoms with Crippen LogP contribution in [-0.2, 0) is 9.84 Å². The van der Waals surface area contributed by atoms with Crippen molar-refractivity contribution in [2.75, 3.05) is 7.11 Å². The number of benzene rings is 1. The van der Waals surface area contributed by atoms with Crippen LogP contribution in [0.25, 0.3) is 0 Å². The predicted octanol–water partition coefficient (Wildman–Crippen LogP) is 1.97. The molecule has 7 heteroatoms. The van der Waals surface area contributed by atoms with Crippen LogP contribution in [0.5, 0.6) is 5.88 Å². The van der Waals surface area contributed by atoms with Gasteiger partial charge in [0, 0.05) is 6.07 Å². The molecular weight excluding hydrogens is 276 g/mol. The Bertz CT molecular complexity index is 656. The molecule has 0 aliphatic carbocycles. The lowest BCUT2D eigenvalue weighted by Crippen LogP contribution is -2.06. The van der Waals surface area contributed by atoms with Crippen molar-refractivity contribution < 1.29 is 13.2 Å². The van der Waals surface area contributed by atoms with Crippen molar-refractivity contribution in [1.29, 1.82) is 0 Å². The van der Waals surface area contributed by atoms with E-state index in [0.717, 1.165) is 0 Å². The summed E-state index contributed by atoms with van der Waals surface area (Å²) in [5.41, 5.74) is 0. The molecule has 2 aromatic rings. The minimum Gasteiger partial charge on any atom is -0.480 e. The second-order valence-electron chi connectivity index (χ2n) is 3.35. The molecule has 1 aromatic carbocycles. The molecule has 0 bridgehead atoms. The maximum atomic E-state index is 12.2. The van der Waals surface area contributed by atoms with E-state index < -0.39 is 9.84 Å². The molecule has 0 aliphatic heterocycles. The van der Waals surface area contributed by atoms with Crippen molar-refractivity contribution in [3.63, 3.8) is 0 Å². The fraction of sp³-hybridized carbons (Fsp3) is 0.0909. The number of hydrogen-bond donors (Lipinski definition) is 0. The molecule has 94 valence electrons. The molecule has 0 amide bonds. The van der Waals surface area contributed by atoms with E-state index in [4.69, 9.17) is 16.3 Å². The van der Waals surface area contributed by atoms with Gasteiger partial charge in [-0.15, -0.1) is 10.2 Å². The largest absolute Gasteiger partial charge is 0.480 e. The third-order valence-electron chi connectivity index (χ3n) is 2.23. The Hall–Kier alpha value is -1.66. The first-order valence-electron chi connectivity index (χ1n) is 4.93. The number of methoxy groups -OCH3 is 1. The molecule has 0 unspecified atom stereocenters. The number of sulfone groups is 1. The highest BCUT2D eigenvalue weighted by molar-refractivity contribution is 7.91. The molecule has 1 heterocycles. The molecule has 0 saturated heterocycles. The summed E-state index contributed by atoms with van der Waals surface area (Å²) in [4.78, 5) is 0.00568. The van der Waals surface area contributed by atoms with Gasteiger partial charge in [0.2, 0.25) is 15.7 Å². The Morgan fingerprint density at radius 3 is 2.39 bits per heavy atom. The van der Waals surface area contributed by atoms with E-state index in [2.05, 4.69) is 10.2 Å². The van der Waals surface area contributed by atoms with Crippen LogP contribution in [0.2, 0.25) is 5.02 Å². The smallest absolute Gasteiger partial charge is 0.233 e. The van der Waals surface area contributed by atoms with Crippen LogP contribution < -0.4 is 4.74 Å². The van der Waals surface area contributed by atoms with Crippen LogP contribution in [0.4, 0.5) is 0 Å². The first kappa shape index (κ1) is 12.8. The maximum Gasteiger partial charge on any atom is 0.233 e. The molecule has 0 atom stereocenters. The quantitative estimate of drug-likeness (QED) is 0.862. The van der Waals surface area contributed by atoms with Crippen molar-refractivity contribution in [2.24, 2.45) is 0 Å². The maximum absolute atomic E-state index is 12.2. The number of halogens is 1. The van der Waals surface area contributed by atoms with E-state index in [1.165, 1.54) is 31.4 Å². The summed E-state index contributed by atoms with van der Waals surface area (Å²) in [6.45, 7) is 0. The van der Waals surface area contributed by atoms with Crippen LogP contribution in [0.3, 0.4) is 0 Å². The Labute approximate surface area is 109 Å². The zero-order valence-electron chi connectivity index (χ0n) is 9.37. The highest BCUT2D eigenvalue weighted by atomic mass is 35.5. The summed E-state index contributed by atoms with van der Waals surface area (Å²) in [5.74, 6) is 0.244. The van der Waals surface area contributed by atoms with Gasteiger partial charge in [-0.3, -0.25) is 0 Å². The summed E-state index contributed by atoms with van der Waals surface area (Å²) in [7, 11) is -2.33. The number of ether oxygens (including phenoxy) is 1. The monoisotopic (exact) mass is 284 g/mol. The van der Waals surface area contributed by atoms with Gasteiger partial charge in [0.15, 0.2) is 5.03 Å². The number of rotatable bonds is 3. The lowest BCUT2D eigenvalue weighted by Gasteiger charge is -2.05. The first-order valence-corrected chi connectivity index (χ1v) is 6.79. The van der Waals surface area contributed by atoms with E-state index in [-0.39, 0.29) is 20.8 Å². The minimum absolute atomic E-state index is 0.00568. The third-order valence-corrected chi connectivity index (χ3v) is 4.37. The Balaban J connectivity index is 2.51. The molecule has 0 N–H and O–H groups in total. The van der Waals surface area contributed by atoms with E-state index in [1.807, 2.05) is 0 Å². The van der Waals surface area contributed by atoms with Gasteiger partial charge in [0.1, 0.15) is 0 Å². The average Bonchev–Trinajstić information content (AvgIpc) is 2.39. The van der Waals surface area contributed by atoms with Crippen LogP contribution in [0.15, 0.2) is 46.3 Å². The first-order chi connectivity index (χ1) is 8.55. The third kappa shape index (κ3) is 2.30. The number of aromatic nitrogens is 2. The predicted molar refractivity (Wildman–Crippen MR) is 65.5 cm³/mol. The Kier molecular flexibility index (Phi) is 3.49. The molecule has 5 nitrogen and oxygen atoms in total. The Morgan fingerprint density at radius 1 is 1.11 bits per heavy atom. The summed E-state index contributed by atoms with van der Waals surface area (Å²) in [6.07, 6.45) is 0. The molecule has 2 rings (SSSR count). The van der Waals surface area contributed by atoms with Crippen molar-refractivity contribution >= 4 is 21.4 Å². The fourth-order valence-corrected chi connectivity index (χ4v) is 2.98. The van der Waals surface area contributed by atoms with Gasteiger partial charge in [-0.1, -0.05) is 23.7 Å². The van der Waals surface area contributed by atoms with Crippen LogP contribution >= 0.6 is 11.6 Å². The van der Waals surface area contributed by atoms with Gasteiger partial charge in [-0.25, -0.2) is 8.42 Å². The molecule has 0 radical (unpaired) electrons. The van der Waals surface area contributed by atoms with Gasteiger partial charge in [-0.05, 0) is 18.2 Å². The molecule has 1 aromatic heterocycles. The van der Waals surface area contributed by atoms with Gasteiger partial charge in [0.05, 0.1) is 17.0 Å². The minimum atomic E-state index is -3.76. The summed E-state index contributed by atoms with van der Waals surface area (Å²) >= 11 is 5.87. The lowest BCUT2D eigenvalue weighted by atomic mass is 10.4.